The van der Waals surface area contributed by atoms with Crippen LogP contribution >= 0.6 is 11.8 Å². The van der Waals surface area contributed by atoms with Gasteiger partial charge in [-0.2, -0.15) is 0 Å². The van der Waals surface area contributed by atoms with E-state index in [0.717, 1.165) is 44.0 Å². The normalized spacial score (nSPS) is 19.9. The average molecular weight is 699 g/mol. The fourth-order valence-electron chi connectivity index (χ4n) is 6.57. The summed E-state index contributed by atoms with van der Waals surface area (Å²) in [7, 11) is 0. The maximum absolute atomic E-state index is 13.0. The Kier molecular flexibility index (Phi) is 10.1. The van der Waals surface area contributed by atoms with Gasteiger partial charge in [-0.05, 0) is 70.3 Å². The summed E-state index contributed by atoms with van der Waals surface area (Å²) in [6, 6.07) is 38.6. The van der Waals surface area contributed by atoms with Gasteiger partial charge in [-0.25, -0.2) is 0 Å². The van der Waals surface area contributed by atoms with E-state index in [9.17, 15) is 19.5 Å². The number of rotatable bonds is 10. The monoisotopic (exact) mass is 698 g/mol. The van der Waals surface area contributed by atoms with E-state index in [1.54, 1.807) is 36.0 Å². The molecule has 5 aromatic carbocycles. The number of aliphatic hydroxyl groups excluding tert-OH is 1. The number of benzene rings is 5. The number of anilines is 1. The minimum absolute atomic E-state index is 0.0227. The highest BCUT2D eigenvalue weighted by Gasteiger charge is 2.38. The van der Waals surface area contributed by atoms with Crippen molar-refractivity contribution in [3.05, 3.63) is 155 Å². The zero-order chi connectivity index (χ0) is 35.5. The van der Waals surface area contributed by atoms with Crippen molar-refractivity contribution in [2.24, 2.45) is 5.92 Å². The highest BCUT2D eigenvalue weighted by Crippen LogP contribution is 2.43. The lowest BCUT2D eigenvalue weighted by atomic mass is 9.91. The van der Waals surface area contributed by atoms with E-state index >= 15 is 0 Å². The number of carbonyl (C=O) groups excluding carboxylic acids is 3. The van der Waals surface area contributed by atoms with E-state index in [0.29, 0.717) is 16.9 Å². The molecule has 0 aliphatic carbocycles. The summed E-state index contributed by atoms with van der Waals surface area (Å²) in [5, 5.41) is 12.4. The summed E-state index contributed by atoms with van der Waals surface area (Å²) >= 11 is 1.70. The molecule has 5 aromatic rings. The molecule has 8 nitrogen and oxygen atoms in total. The highest BCUT2D eigenvalue weighted by atomic mass is 32.2. The molecule has 9 heteroatoms. The van der Waals surface area contributed by atoms with E-state index in [2.05, 4.69) is 12.2 Å². The number of amides is 3. The molecule has 0 radical (unpaired) electrons. The largest absolute Gasteiger partial charge is 0.392 e. The number of carbonyl (C=O) groups is 3. The highest BCUT2D eigenvalue weighted by molar-refractivity contribution is 7.99. The van der Waals surface area contributed by atoms with E-state index < -0.39 is 6.29 Å². The Balaban J connectivity index is 1.08. The van der Waals surface area contributed by atoms with E-state index in [1.165, 1.54) is 11.8 Å². The summed E-state index contributed by atoms with van der Waals surface area (Å²) < 4.78 is 13.3. The molecular weight excluding hydrogens is 661 g/mol. The lowest BCUT2D eigenvalue weighted by molar-refractivity contribution is -0.268. The van der Waals surface area contributed by atoms with Crippen molar-refractivity contribution < 1.29 is 29.0 Å². The number of imide groups is 1. The Hall–Kier alpha value is -5.06. The molecule has 2 aliphatic heterocycles. The first-order valence-electron chi connectivity index (χ1n) is 16.9. The number of thioether (sulfide) groups is 1. The van der Waals surface area contributed by atoms with Gasteiger partial charge in [-0.15, -0.1) is 11.8 Å². The summed E-state index contributed by atoms with van der Waals surface area (Å²) in [6.07, 6.45) is -0.974. The van der Waals surface area contributed by atoms with Gasteiger partial charge in [0.05, 0.1) is 36.5 Å². The Morgan fingerprint density at radius 1 is 0.765 bits per heavy atom. The van der Waals surface area contributed by atoms with Crippen LogP contribution in [0, 0.1) is 5.92 Å². The Bertz CT molecular complexity index is 2010. The van der Waals surface area contributed by atoms with Gasteiger partial charge in [-0.3, -0.25) is 19.3 Å². The van der Waals surface area contributed by atoms with Crippen molar-refractivity contribution in [1.29, 1.82) is 0 Å². The van der Waals surface area contributed by atoms with Crippen molar-refractivity contribution in [3.8, 4) is 11.1 Å². The van der Waals surface area contributed by atoms with Crippen LogP contribution in [0.15, 0.2) is 126 Å². The summed E-state index contributed by atoms with van der Waals surface area (Å²) in [5.41, 5.74) is 7.21. The van der Waals surface area contributed by atoms with Gasteiger partial charge in [0.1, 0.15) is 0 Å². The molecule has 3 amide bonds. The predicted octanol–water partition coefficient (Wildman–Crippen LogP) is 8.18. The number of nitrogens with zero attached hydrogens (tertiary/aromatic N) is 1. The first-order chi connectivity index (χ1) is 24.8. The van der Waals surface area contributed by atoms with Crippen LogP contribution in [0.1, 0.15) is 69.2 Å². The smallest absolute Gasteiger partial charge is 0.261 e. The molecule has 2 heterocycles. The van der Waals surface area contributed by atoms with E-state index in [1.807, 2.05) is 97.1 Å². The van der Waals surface area contributed by atoms with Gasteiger partial charge in [0.15, 0.2) is 6.29 Å². The minimum atomic E-state index is -0.606. The zero-order valence-electron chi connectivity index (χ0n) is 28.3. The van der Waals surface area contributed by atoms with Crippen molar-refractivity contribution in [1.82, 2.24) is 4.90 Å². The number of hydrogen-bond acceptors (Lipinski definition) is 7. The molecule has 2 N–H and O–H groups in total. The zero-order valence-corrected chi connectivity index (χ0v) is 29.1. The third-order valence-corrected chi connectivity index (χ3v) is 10.5. The van der Waals surface area contributed by atoms with Crippen molar-refractivity contribution in [2.75, 3.05) is 11.1 Å². The molecule has 51 heavy (non-hydrogen) atoms. The molecule has 0 unspecified atom stereocenters. The fourth-order valence-corrected chi connectivity index (χ4v) is 7.64. The third-order valence-electron chi connectivity index (χ3n) is 9.37. The van der Waals surface area contributed by atoms with Crippen LogP contribution in [0.3, 0.4) is 0 Å². The fraction of sp³-hybridized carbons (Fsp3) is 0.214. The second kappa shape index (κ2) is 15.0. The predicted molar refractivity (Wildman–Crippen MR) is 197 cm³/mol. The Labute approximate surface area is 301 Å². The molecule has 1 saturated heterocycles. The number of ether oxygens (including phenoxy) is 2. The maximum atomic E-state index is 13.0. The van der Waals surface area contributed by atoms with Gasteiger partial charge < -0.3 is 19.9 Å². The van der Waals surface area contributed by atoms with Gasteiger partial charge >= 0.3 is 0 Å². The first-order valence-corrected chi connectivity index (χ1v) is 17.9. The average Bonchev–Trinajstić information content (AvgIpc) is 3.39. The number of hydrogen-bond donors (Lipinski definition) is 2. The molecular formula is C42H38N2O6S. The molecule has 4 atom stereocenters. The van der Waals surface area contributed by atoms with Gasteiger partial charge in [0.25, 0.3) is 11.8 Å². The summed E-state index contributed by atoms with van der Waals surface area (Å²) in [4.78, 5) is 39.7. The van der Waals surface area contributed by atoms with Crippen LogP contribution in [0.25, 0.3) is 11.1 Å². The standard InChI is InChI=1S/C42H38N2O6S/c1-26-38(25-51-35-20-18-34(19-21-35)43-27(2)46)49-42(50-39(26)31-12-10-28(24-45)11-13-31)32-16-14-30(15-17-32)33-7-5-6-29(22-33)23-44-40(47)36-8-3-4-9-37(36)41(44)48/h3-22,26,38-39,42,45H,23-25H2,1-2H3,(H,43,46)/t26-,38+,39+,42+/m1/s1. The maximum Gasteiger partial charge on any atom is 0.261 e. The van der Waals surface area contributed by atoms with Crippen molar-refractivity contribution in [3.63, 3.8) is 0 Å². The second-order valence-corrected chi connectivity index (χ2v) is 14.0. The van der Waals surface area contributed by atoms with Crippen molar-refractivity contribution in [2.45, 2.75) is 50.4 Å². The lowest BCUT2D eigenvalue weighted by Gasteiger charge is -2.41. The van der Waals surface area contributed by atoms with E-state index in [-0.39, 0.29) is 49.0 Å². The van der Waals surface area contributed by atoms with Crippen LogP contribution < -0.4 is 5.32 Å². The van der Waals surface area contributed by atoms with Gasteiger partial charge in [-0.1, -0.05) is 85.8 Å². The van der Waals surface area contributed by atoms with Crippen LogP contribution in [-0.2, 0) is 27.4 Å². The molecule has 0 saturated carbocycles. The Morgan fingerprint density at radius 3 is 2.08 bits per heavy atom. The summed E-state index contributed by atoms with van der Waals surface area (Å²) in [5.74, 6) is 0.0864. The molecule has 0 spiro atoms. The first kappa shape index (κ1) is 34.4. The van der Waals surface area contributed by atoms with Crippen molar-refractivity contribution >= 4 is 35.2 Å². The quantitative estimate of drug-likeness (QED) is 0.112. The van der Waals surface area contributed by atoms with Crippen LogP contribution in [0.2, 0.25) is 0 Å². The van der Waals surface area contributed by atoms with E-state index in [4.69, 9.17) is 9.47 Å². The number of aliphatic hydroxyl groups is 1. The number of fused-ring (bicyclic) bond motifs is 1. The second-order valence-electron chi connectivity index (χ2n) is 12.9. The topological polar surface area (TPSA) is 105 Å². The Morgan fingerprint density at radius 2 is 1.43 bits per heavy atom. The molecule has 1 fully saturated rings. The molecule has 258 valence electrons. The van der Waals surface area contributed by atoms with Crippen LogP contribution in [-0.4, -0.2) is 39.6 Å². The van der Waals surface area contributed by atoms with Crippen LogP contribution in [0.5, 0.6) is 0 Å². The van der Waals surface area contributed by atoms with Crippen LogP contribution in [0.4, 0.5) is 5.69 Å². The minimum Gasteiger partial charge on any atom is -0.392 e. The third kappa shape index (κ3) is 7.52. The molecule has 7 rings (SSSR count). The molecule has 0 bridgehead atoms. The van der Waals surface area contributed by atoms with Gasteiger partial charge in [0.2, 0.25) is 5.91 Å². The lowest BCUT2D eigenvalue weighted by Crippen LogP contribution is -2.38. The summed E-state index contributed by atoms with van der Waals surface area (Å²) in [6.45, 7) is 3.81. The van der Waals surface area contributed by atoms with Gasteiger partial charge in [0, 0.05) is 34.7 Å². The SMILES string of the molecule is CC(=O)Nc1ccc(SC[C@@H]2O[C@H](c3ccc(-c4cccc(CN5C(=O)c6ccccc6C5=O)c4)cc3)O[C@H](c3ccc(CO)cc3)[C@@H]2C)cc1. The molecule has 2 aliphatic rings. The molecule has 0 aromatic heterocycles. The number of nitrogens with one attached hydrogen (secondary N) is 1.